The van der Waals surface area contributed by atoms with Gasteiger partial charge in [-0.15, -0.1) is 0 Å². The van der Waals surface area contributed by atoms with Crippen LogP contribution in [0.5, 0.6) is 0 Å². The third-order valence-electron chi connectivity index (χ3n) is 8.77. The summed E-state index contributed by atoms with van der Waals surface area (Å²) in [6.45, 7) is 0. The number of aromatic nitrogens is 3. The average Bonchev–Trinajstić information content (AvgIpc) is 3.44. The van der Waals surface area contributed by atoms with Crippen molar-refractivity contribution in [3.63, 3.8) is 0 Å². The molecule has 9 rings (SSSR count). The topological polar surface area (TPSA) is 54.5 Å². The normalized spacial score (nSPS) is 11.5. The standard InChI is InChI=1S/C41H24N4/c42-25-26-14-20-38-33(22-26)34-23-29(19-21-39(34)45(38)31-9-2-1-3-10-31)27-15-17-28(18-16-27)40-35-24-30-8-4-6-12-36(30)43-41(35)32-11-5-7-13-37(32)44-40/h1-24H. The number of fused-ring (bicyclic) bond motifs is 7. The van der Waals surface area contributed by atoms with Crippen LogP contribution in [0.2, 0.25) is 0 Å². The summed E-state index contributed by atoms with van der Waals surface area (Å²) in [5.74, 6) is 0. The molecule has 4 heteroatoms. The van der Waals surface area contributed by atoms with E-state index < -0.39 is 0 Å². The van der Waals surface area contributed by atoms with Gasteiger partial charge in [0.2, 0.25) is 0 Å². The van der Waals surface area contributed by atoms with E-state index in [-0.39, 0.29) is 0 Å². The van der Waals surface area contributed by atoms with Crippen molar-refractivity contribution in [3.05, 3.63) is 151 Å². The summed E-state index contributed by atoms with van der Waals surface area (Å²) in [7, 11) is 0. The molecule has 3 heterocycles. The van der Waals surface area contributed by atoms with Crippen LogP contribution in [0.4, 0.5) is 0 Å². The van der Waals surface area contributed by atoms with E-state index in [4.69, 9.17) is 9.97 Å². The minimum absolute atomic E-state index is 0.654. The number of hydrogen-bond donors (Lipinski definition) is 0. The maximum atomic E-state index is 9.66. The lowest BCUT2D eigenvalue weighted by molar-refractivity contribution is 1.18. The summed E-state index contributed by atoms with van der Waals surface area (Å²) < 4.78 is 2.27. The summed E-state index contributed by atoms with van der Waals surface area (Å²) in [6, 6.07) is 52.6. The highest BCUT2D eigenvalue weighted by Crippen LogP contribution is 2.37. The van der Waals surface area contributed by atoms with Crippen LogP contribution in [-0.2, 0) is 0 Å². The summed E-state index contributed by atoms with van der Waals surface area (Å²) in [5.41, 5.74) is 11.0. The molecule has 0 N–H and O–H groups in total. The number of hydrogen-bond acceptors (Lipinski definition) is 3. The van der Waals surface area contributed by atoms with Gasteiger partial charge in [-0.25, -0.2) is 9.97 Å². The Balaban J connectivity index is 1.20. The van der Waals surface area contributed by atoms with Crippen LogP contribution in [0.25, 0.3) is 82.6 Å². The molecule has 0 amide bonds. The molecule has 0 aliphatic carbocycles. The summed E-state index contributed by atoms with van der Waals surface area (Å²) in [6.07, 6.45) is 0. The largest absolute Gasteiger partial charge is 0.309 e. The van der Waals surface area contributed by atoms with Gasteiger partial charge in [-0.3, -0.25) is 0 Å². The average molecular weight is 573 g/mol. The molecular formula is C41H24N4. The number of nitrogens with zero attached hydrogens (tertiary/aromatic N) is 4. The van der Waals surface area contributed by atoms with Crippen LogP contribution in [-0.4, -0.2) is 14.5 Å². The number of para-hydroxylation sites is 3. The van der Waals surface area contributed by atoms with Crippen LogP contribution in [0.1, 0.15) is 5.56 Å². The molecule has 208 valence electrons. The van der Waals surface area contributed by atoms with Gasteiger partial charge in [-0.2, -0.15) is 5.26 Å². The van der Waals surface area contributed by atoms with Crippen molar-refractivity contribution >= 4 is 54.5 Å². The highest BCUT2D eigenvalue weighted by atomic mass is 15.0. The molecular weight excluding hydrogens is 548 g/mol. The second-order valence-corrected chi connectivity index (χ2v) is 11.4. The molecule has 0 spiro atoms. The van der Waals surface area contributed by atoms with E-state index >= 15 is 0 Å². The van der Waals surface area contributed by atoms with Gasteiger partial charge in [0.15, 0.2) is 0 Å². The fourth-order valence-electron chi connectivity index (χ4n) is 6.62. The molecule has 4 nitrogen and oxygen atoms in total. The van der Waals surface area contributed by atoms with E-state index in [9.17, 15) is 5.26 Å². The van der Waals surface area contributed by atoms with Crippen LogP contribution >= 0.6 is 0 Å². The van der Waals surface area contributed by atoms with Crippen molar-refractivity contribution in [1.82, 2.24) is 14.5 Å². The van der Waals surface area contributed by atoms with Crippen molar-refractivity contribution < 1.29 is 0 Å². The zero-order valence-electron chi connectivity index (χ0n) is 24.1. The predicted octanol–water partition coefficient (Wildman–Crippen LogP) is 10.2. The zero-order chi connectivity index (χ0) is 29.9. The van der Waals surface area contributed by atoms with E-state index in [1.807, 2.05) is 48.5 Å². The molecule has 0 aliphatic rings. The van der Waals surface area contributed by atoms with Crippen LogP contribution in [0.15, 0.2) is 146 Å². The third kappa shape index (κ3) is 3.99. The maximum Gasteiger partial charge on any atom is 0.0991 e. The summed E-state index contributed by atoms with van der Waals surface area (Å²) in [4.78, 5) is 10.2. The molecule has 0 unspecified atom stereocenters. The van der Waals surface area contributed by atoms with E-state index in [1.165, 1.54) is 0 Å². The zero-order valence-corrected chi connectivity index (χ0v) is 24.1. The van der Waals surface area contributed by atoms with Crippen LogP contribution in [0.3, 0.4) is 0 Å². The Kier molecular flexibility index (Phi) is 5.53. The Hall–Kier alpha value is -6.31. The molecule has 0 atom stereocenters. The minimum atomic E-state index is 0.654. The van der Waals surface area contributed by atoms with Gasteiger partial charge in [-0.05, 0) is 71.8 Å². The van der Waals surface area contributed by atoms with Gasteiger partial charge in [0, 0.05) is 38.2 Å². The fourth-order valence-corrected chi connectivity index (χ4v) is 6.62. The van der Waals surface area contributed by atoms with Gasteiger partial charge in [0.05, 0.1) is 44.9 Å². The predicted molar refractivity (Wildman–Crippen MR) is 184 cm³/mol. The lowest BCUT2D eigenvalue weighted by Crippen LogP contribution is -1.93. The van der Waals surface area contributed by atoms with Gasteiger partial charge < -0.3 is 4.57 Å². The highest BCUT2D eigenvalue weighted by molar-refractivity contribution is 6.12. The molecule has 0 saturated carbocycles. The van der Waals surface area contributed by atoms with Gasteiger partial charge in [-0.1, -0.05) is 84.9 Å². The van der Waals surface area contributed by atoms with Crippen molar-refractivity contribution in [2.75, 3.05) is 0 Å². The minimum Gasteiger partial charge on any atom is -0.309 e. The van der Waals surface area contributed by atoms with E-state index in [0.717, 1.165) is 82.6 Å². The maximum absolute atomic E-state index is 9.66. The lowest BCUT2D eigenvalue weighted by atomic mass is 9.98. The van der Waals surface area contributed by atoms with Gasteiger partial charge in [0.25, 0.3) is 0 Å². The Morgan fingerprint density at radius 3 is 1.98 bits per heavy atom. The van der Waals surface area contributed by atoms with Crippen LogP contribution < -0.4 is 0 Å². The number of rotatable bonds is 3. The molecule has 0 aliphatic heterocycles. The molecule has 0 bridgehead atoms. The van der Waals surface area contributed by atoms with Gasteiger partial charge in [0.1, 0.15) is 0 Å². The molecule has 6 aromatic carbocycles. The summed E-state index contributed by atoms with van der Waals surface area (Å²) >= 11 is 0. The first kappa shape index (κ1) is 25.2. The fraction of sp³-hybridized carbons (Fsp3) is 0. The van der Waals surface area contributed by atoms with Crippen molar-refractivity contribution in [2.24, 2.45) is 0 Å². The first-order valence-electron chi connectivity index (χ1n) is 15.0. The molecule has 45 heavy (non-hydrogen) atoms. The second-order valence-electron chi connectivity index (χ2n) is 11.4. The number of benzene rings is 6. The molecule has 0 radical (unpaired) electrons. The first-order valence-corrected chi connectivity index (χ1v) is 15.0. The Morgan fingerprint density at radius 2 is 1.16 bits per heavy atom. The van der Waals surface area contributed by atoms with Crippen molar-refractivity contribution in [2.45, 2.75) is 0 Å². The first-order chi connectivity index (χ1) is 22.2. The second kappa shape index (κ2) is 9.87. The van der Waals surface area contributed by atoms with Gasteiger partial charge >= 0.3 is 0 Å². The van der Waals surface area contributed by atoms with Crippen molar-refractivity contribution in [1.29, 1.82) is 5.26 Å². The number of nitriles is 1. The third-order valence-corrected chi connectivity index (χ3v) is 8.77. The van der Waals surface area contributed by atoms with E-state index in [1.54, 1.807) is 0 Å². The monoisotopic (exact) mass is 572 g/mol. The highest BCUT2D eigenvalue weighted by Gasteiger charge is 2.16. The molecule has 3 aromatic heterocycles. The Bertz CT molecular complexity index is 2640. The van der Waals surface area contributed by atoms with E-state index in [2.05, 4.69) is 108 Å². The smallest absolute Gasteiger partial charge is 0.0991 e. The SMILES string of the molecule is N#Cc1ccc2c(c1)c1cc(-c3ccc(-c4nc5ccccc5c5nc6ccccc6cc45)cc3)ccc1n2-c1ccccc1. The Labute approximate surface area is 259 Å². The quantitative estimate of drug-likeness (QED) is 0.156. The lowest BCUT2D eigenvalue weighted by Gasteiger charge is -2.12. The summed E-state index contributed by atoms with van der Waals surface area (Å²) in [5, 5.41) is 15.0. The number of pyridine rings is 2. The molecule has 0 fully saturated rings. The van der Waals surface area contributed by atoms with Crippen molar-refractivity contribution in [3.8, 4) is 34.1 Å². The van der Waals surface area contributed by atoms with Crippen LogP contribution in [0, 0.1) is 11.3 Å². The molecule has 9 aromatic rings. The molecule has 0 saturated heterocycles. The van der Waals surface area contributed by atoms with E-state index in [0.29, 0.717) is 5.56 Å². The Morgan fingerprint density at radius 1 is 0.489 bits per heavy atom.